The highest BCUT2D eigenvalue weighted by Crippen LogP contribution is 2.64. The molecule has 0 aromatic carbocycles. The summed E-state index contributed by atoms with van der Waals surface area (Å²) < 4.78 is 0. The number of pyridine rings is 1. The normalized spacial score (nSPS) is 34.7. The largest absolute Gasteiger partial charge is 0.283 e. The van der Waals surface area contributed by atoms with Crippen LogP contribution in [-0.2, 0) is 6.54 Å². The van der Waals surface area contributed by atoms with Gasteiger partial charge < -0.3 is 0 Å². The second-order valence-corrected chi connectivity index (χ2v) is 8.11. The summed E-state index contributed by atoms with van der Waals surface area (Å²) in [5.41, 5.74) is 7.80. The average molecular weight is 358 g/mol. The van der Waals surface area contributed by atoms with E-state index in [1.165, 1.54) is 23.3 Å². The Balaban J connectivity index is 1.41. The van der Waals surface area contributed by atoms with Crippen LogP contribution in [0.1, 0.15) is 32.3 Å². The number of hydrazine groups is 1. The molecule has 0 amide bonds. The zero-order valence-electron chi connectivity index (χ0n) is 16.0. The van der Waals surface area contributed by atoms with Crippen molar-refractivity contribution < 1.29 is 0 Å². The lowest BCUT2D eigenvalue weighted by Gasteiger charge is -2.37. The Hall–Kier alpha value is -2.62. The van der Waals surface area contributed by atoms with Gasteiger partial charge in [0.25, 0.3) is 0 Å². The van der Waals surface area contributed by atoms with E-state index < -0.39 is 0 Å². The van der Waals surface area contributed by atoms with Crippen molar-refractivity contribution in [3.8, 4) is 0 Å². The second kappa shape index (κ2) is 6.22. The molecule has 1 aromatic heterocycles. The number of hydrogen-bond donors (Lipinski definition) is 1. The van der Waals surface area contributed by atoms with Gasteiger partial charge in [0.1, 0.15) is 5.84 Å². The lowest BCUT2D eigenvalue weighted by Crippen LogP contribution is -2.50. The molecule has 1 saturated carbocycles. The number of nitrogens with zero attached hydrogens (tertiary/aromatic N) is 3. The van der Waals surface area contributed by atoms with Crippen LogP contribution in [0.25, 0.3) is 0 Å². The van der Waals surface area contributed by atoms with Crippen LogP contribution in [0.2, 0.25) is 0 Å². The lowest BCUT2D eigenvalue weighted by atomic mass is 9.91. The van der Waals surface area contributed by atoms with Crippen molar-refractivity contribution in [2.75, 3.05) is 0 Å². The first kappa shape index (κ1) is 16.5. The van der Waals surface area contributed by atoms with Gasteiger partial charge in [0.15, 0.2) is 0 Å². The highest BCUT2D eigenvalue weighted by Gasteiger charge is 2.58. The summed E-state index contributed by atoms with van der Waals surface area (Å²) in [5.74, 6) is 2.14. The number of rotatable bonds is 4. The van der Waals surface area contributed by atoms with Crippen molar-refractivity contribution in [3.05, 3.63) is 77.8 Å². The van der Waals surface area contributed by atoms with Crippen LogP contribution in [-0.4, -0.2) is 21.9 Å². The van der Waals surface area contributed by atoms with Gasteiger partial charge in [0.05, 0.1) is 12.6 Å². The Bertz CT molecular complexity index is 892. The highest BCUT2D eigenvalue weighted by atomic mass is 15.6. The van der Waals surface area contributed by atoms with Gasteiger partial charge in [-0.2, -0.15) is 0 Å². The van der Waals surface area contributed by atoms with Crippen LogP contribution in [0.15, 0.2) is 77.2 Å². The number of fused-ring (bicyclic) bond motifs is 2. The molecule has 4 atom stereocenters. The molecule has 4 nitrogen and oxygen atoms in total. The molecule has 5 rings (SSSR count). The van der Waals surface area contributed by atoms with E-state index in [1.54, 1.807) is 0 Å². The fraction of sp³-hybridized carbons (Fsp3) is 0.391. The SMILES string of the molecule is CCC1C=C(C23C=C(C)C=CC2C3)N2NC(=NCc3ccncc3)C=CC12. The van der Waals surface area contributed by atoms with Crippen LogP contribution >= 0.6 is 0 Å². The number of allylic oxidation sites excluding steroid dienone is 4. The predicted molar refractivity (Wildman–Crippen MR) is 109 cm³/mol. The van der Waals surface area contributed by atoms with E-state index in [9.17, 15) is 0 Å². The molecule has 0 bridgehead atoms. The maximum absolute atomic E-state index is 4.79. The molecule has 3 heterocycles. The molecular formula is C23H26N4. The van der Waals surface area contributed by atoms with Gasteiger partial charge in [-0.05, 0) is 49.5 Å². The number of aliphatic imine (C=N–C) groups is 1. The summed E-state index contributed by atoms with van der Waals surface area (Å²) in [6, 6.07) is 4.42. The molecule has 138 valence electrons. The van der Waals surface area contributed by atoms with Crippen molar-refractivity contribution in [2.24, 2.45) is 22.2 Å². The molecule has 2 aliphatic heterocycles. The van der Waals surface area contributed by atoms with Crippen molar-refractivity contribution in [2.45, 2.75) is 39.3 Å². The summed E-state index contributed by atoms with van der Waals surface area (Å²) in [5, 5.41) is 2.39. The number of amidine groups is 1. The predicted octanol–water partition coefficient (Wildman–Crippen LogP) is 4.17. The first-order valence-corrected chi connectivity index (χ1v) is 9.97. The molecule has 1 N–H and O–H groups in total. The van der Waals surface area contributed by atoms with Gasteiger partial charge in [-0.3, -0.25) is 20.4 Å². The molecular weight excluding hydrogens is 332 g/mol. The summed E-state index contributed by atoms with van der Waals surface area (Å²) in [4.78, 5) is 8.86. The van der Waals surface area contributed by atoms with E-state index in [1.807, 2.05) is 24.5 Å². The number of nitrogens with one attached hydrogen (secondary N) is 1. The maximum atomic E-state index is 4.79. The van der Waals surface area contributed by atoms with E-state index in [0.29, 0.717) is 24.4 Å². The first-order chi connectivity index (χ1) is 13.2. The van der Waals surface area contributed by atoms with Crippen LogP contribution < -0.4 is 5.43 Å². The summed E-state index contributed by atoms with van der Waals surface area (Å²) in [6.45, 7) is 5.16. The number of aromatic nitrogens is 1. The third kappa shape index (κ3) is 2.75. The van der Waals surface area contributed by atoms with Crippen LogP contribution in [0.3, 0.4) is 0 Å². The molecule has 2 aliphatic carbocycles. The smallest absolute Gasteiger partial charge is 0.139 e. The topological polar surface area (TPSA) is 40.5 Å². The van der Waals surface area contributed by atoms with Gasteiger partial charge >= 0.3 is 0 Å². The molecule has 27 heavy (non-hydrogen) atoms. The molecule has 0 saturated heterocycles. The highest BCUT2D eigenvalue weighted by molar-refractivity contribution is 5.93. The summed E-state index contributed by atoms with van der Waals surface area (Å²) >= 11 is 0. The first-order valence-electron chi connectivity index (χ1n) is 9.97. The van der Waals surface area contributed by atoms with Crippen molar-refractivity contribution >= 4 is 5.84 Å². The summed E-state index contributed by atoms with van der Waals surface area (Å²) in [7, 11) is 0. The standard InChI is InChI=1S/C23H26N4/c1-3-18-12-21(23-13-16(2)4-5-19(23)14-23)27-20(18)6-7-22(26-27)25-15-17-8-10-24-11-9-17/h4-13,18-20H,3,14-15H2,1-2H3,(H,25,26). The number of hydrogen-bond acceptors (Lipinski definition) is 3. The van der Waals surface area contributed by atoms with E-state index in [4.69, 9.17) is 4.99 Å². The third-order valence-corrected chi connectivity index (χ3v) is 6.32. The van der Waals surface area contributed by atoms with Gasteiger partial charge in [-0.25, -0.2) is 0 Å². The molecule has 4 heteroatoms. The third-order valence-electron chi connectivity index (χ3n) is 6.32. The Morgan fingerprint density at radius 2 is 2.11 bits per heavy atom. The fourth-order valence-corrected chi connectivity index (χ4v) is 4.74. The Morgan fingerprint density at radius 1 is 1.26 bits per heavy atom. The van der Waals surface area contributed by atoms with Crippen molar-refractivity contribution in [3.63, 3.8) is 0 Å². The molecule has 1 aromatic rings. The van der Waals surface area contributed by atoms with E-state index in [-0.39, 0.29) is 5.41 Å². The molecule has 0 spiro atoms. The quantitative estimate of drug-likeness (QED) is 0.878. The van der Waals surface area contributed by atoms with Crippen molar-refractivity contribution in [1.29, 1.82) is 0 Å². The van der Waals surface area contributed by atoms with Gasteiger partial charge in [0.2, 0.25) is 0 Å². The van der Waals surface area contributed by atoms with Crippen LogP contribution in [0, 0.1) is 17.3 Å². The van der Waals surface area contributed by atoms with Crippen LogP contribution in [0.5, 0.6) is 0 Å². The molecule has 1 fully saturated rings. The summed E-state index contributed by atoms with van der Waals surface area (Å²) in [6.07, 6.45) is 20.1. The minimum atomic E-state index is 0.190. The Kier molecular flexibility index (Phi) is 3.81. The Labute approximate surface area is 161 Å². The molecule has 0 radical (unpaired) electrons. The van der Waals surface area contributed by atoms with Gasteiger partial charge in [0, 0.05) is 29.4 Å². The van der Waals surface area contributed by atoms with Gasteiger partial charge in [-0.15, -0.1) is 0 Å². The lowest BCUT2D eigenvalue weighted by molar-refractivity contribution is 0.216. The van der Waals surface area contributed by atoms with E-state index in [0.717, 1.165) is 12.3 Å². The zero-order valence-corrected chi connectivity index (χ0v) is 16.0. The second-order valence-electron chi connectivity index (χ2n) is 8.11. The zero-order chi connectivity index (χ0) is 18.4. The minimum absolute atomic E-state index is 0.190. The molecule has 4 aliphatic rings. The van der Waals surface area contributed by atoms with Gasteiger partial charge in [-0.1, -0.05) is 42.9 Å². The fourth-order valence-electron chi connectivity index (χ4n) is 4.74. The van der Waals surface area contributed by atoms with Crippen LogP contribution in [0.4, 0.5) is 0 Å². The monoisotopic (exact) mass is 358 g/mol. The average Bonchev–Trinajstić information content (AvgIpc) is 3.30. The van der Waals surface area contributed by atoms with E-state index >= 15 is 0 Å². The van der Waals surface area contributed by atoms with Crippen molar-refractivity contribution in [1.82, 2.24) is 15.4 Å². The molecule has 4 unspecified atom stereocenters. The van der Waals surface area contributed by atoms with E-state index in [2.05, 4.69) is 65.7 Å². The maximum Gasteiger partial charge on any atom is 0.139 e. The Morgan fingerprint density at radius 3 is 2.93 bits per heavy atom. The minimum Gasteiger partial charge on any atom is -0.283 e.